The second-order valence-corrected chi connectivity index (χ2v) is 7.81. The molecule has 4 rings (SSSR count). The van der Waals surface area contributed by atoms with Crippen LogP contribution < -0.4 is 5.32 Å². The molecule has 126 valence electrons. The molecule has 4 heterocycles. The Bertz CT molecular complexity index is 686. The minimum atomic E-state index is 0.206. The van der Waals surface area contributed by atoms with Gasteiger partial charge in [0.05, 0.1) is 4.88 Å². The van der Waals surface area contributed by atoms with Crippen LogP contribution in [-0.4, -0.2) is 35.4 Å². The summed E-state index contributed by atoms with van der Waals surface area (Å²) in [5, 5.41) is 3.51. The summed E-state index contributed by atoms with van der Waals surface area (Å²) in [6.07, 6.45) is 8.21. The Morgan fingerprint density at radius 3 is 2.62 bits per heavy atom. The molecule has 0 bridgehead atoms. The molecule has 0 radical (unpaired) electrons. The second kappa shape index (κ2) is 7.03. The molecule has 1 N–H and O–H groups in total. The number of likely N-dealkylation sites (tertiary alicyclic amines) is 1. The monoisotopic (exact) mass is 341 g/mol. The molecule has 0 spiro atoms. The third-order valence-corrected chi connectivity index (χ3v) is 6.39. The molecule has 5 heteroatoms. The van der Waals surface area contributed by atoms with Gasteiger partial charge < -0.3 is 10.2 Å². The largest absolute Gasteiger partial charge is 0.338 e. The van der Waals surface area contributed by atoms with Gasteiger partial charge in [-0.25, -0.2) is 0 Å². The van der Waals surface area contributed by atoms with Crippen LogP contribution in [0, 0.1) is 0 Å². The van der Waals surface area contributed by atoms with Gasteiger partial charge in [0.1, 0.15) is 0 Å². The number of hydrogen-bond acceptors (Lipinski definition) is 4. The van der Waals surface area contributed by atoms with E-state index in [0.717, 1.165) is 37.4 Å². The lowest BCUT2D eigenvalue weighted by atomic mass is 9.90. The Morgan fingerprint density at radius 2 is 1.92 bits per heavy atom. The summed E-state index contributed by atoms with van der Waals surface area (Å²) in [4.78, 5) is 21.1. The third kappa shape index (κ3) is 3.23. The molecule has 1 amide bonds. The van der Waals surface area contributed by atoms with E-state index in [9.17, 15) is 4.79 Å². The molecule has 0 saturated carbocycles. The van der Waals surface area contributed by atoms with Gasteiger partial charge in [-0.3, -0.25) is 9.78 Å². The third-order valence-electron chi connectivity index (χ3n) is 5.20. The van der Waals surface area contributed by atoms with Crippen molar-refractivity contribution < 1.29 is 4.79 Å². The van der Waals surface area contributed by atoms with Crippen LogP contribution in [0.3, 0.4) is 0 Å². The van der Waals surface area contributed by atoms with E-state index >= 15 is 0 Å². The van der Waals surface area contributed by atoms with Crippen LogP contribution in [0.4, 0.5) is 0 Å². The van der Waals surface area contributed by atoms with Gasteiger partial charge >= 0.3 is 0 Å². The van der Waals surface area contributed by atoms with Gasteiger partial charge in [0.2, 0.25) is 0 Å². The first kappa shape index (κ1) is 15.8. The van der Waals surface area contributed by atoms with Crippen LogP contribution in [-0.2, 0) is 0 Å². The summed E-state index contributed by atoms with van der Waals surface area (Å²) < 4.78 is 0. The minimum Gasteiger partial charge on any atom is -0.338 e. The number of rotatable bonds is 3. The van der Waals surface area contributed by atoms with Crippen molar-refractivity contribution in [3.8, 4) is 0 Å². The fourth-order valence-corrected chi connectivity index (χ4v) is 4.88. The summed E-state index contributed by atoms with van der Waals surface area (Å²) in [6, 6.07) is 8.79. The fourth-order valence-electron chi connectivity index (χ4n) is 3.79. The minimum absolute atomic E-state index is 0.206. The highest BCUT2D eigenvalue weighted by molar-refractivity contribution is 7.14. The summed E-state index contributed by atoms with van der Waals surface area (Å²) in [6.45, 7) is 2.79. The molecule has 2 aliphatic rings. The molecular weight excluding hydrogens is 318 g/mol. The van der Waals surface area contributed by atoms with E-state index in [2.05, 4.69) is 28.5 Å². The van der Waals surface area contributed by atoms with Crippen molar-refractivity contribution >= 4 is 17.2 Å². The lowest BCUT2D eigenvalue weighted by molar-refractivity contribution is 0.0718. The molecule has 0 aliphatic carbocycles. The molecule has 2 aromatic rings. The number of hydrogen-bond donors (Lipinski definition) is 1. The van der Waals surface area contributed by atoms with E-state index in [0.29, 0.717) is 12.0 Å². The Balaban J connectivity index is 1.38. The number of nitrogens with zero attached hydrogens (tertiary/aromatic N) is 2. The first-order valence-electron chi connectivity index (χ1n) is 8.83. The van der Waals surface area contributed by atoms with Crippen LogP contribution in [0.1, 0.15) is 57.8 Å². The maximum absolute atomic E-state index is 12.8. The number of amides is 1. The van der Waals surface area contributed by atoms with E-state index in [1.165, 1.54) is 23.3 Å². The van der Waals surface area contributed by atoms with Crippen molar-refractivity contribution in [2.45, 2.75) is 37.6 Å². The maximum Gasteiger partial charge on any atom is 0.263 e. The molecule has 4 nitrogen and oxygen atoms in total. The van der Waals surface area contributed by atoms with Crippen LogP contribution in [0.2, 0.25) is 0 Å². The van der Waals surface area contributed by atoms with Gasteiger partial charge in [0.25, 0.3) is 5.91 Å². The average molecular weight is 341 g/mol. The second-order valence-electron chi connectivity index (χ2n) is 6.70. The molecule has 2 saturated heterocycles. The lowest BCUT2D eigenvalue weighted by Gasteiger charge is -2.32. The molecular formula is C19H23N3OS. The number of nitrogens with one attached hydrogen (secondary N) is 1. The van der Waals surface area contributed by atoms with Gasteiger partial charge in [-0.2, -0.15) is 0 Å². The maximum atomic E-state index is 12.8. The summed E-state index contributed by atoms with van der Waals surface area (Å²) in [5.41, 5.74) is 1.35. The number of pyridine rings is 1. The molecule has 1 atom stereocenters. The number of thiophene rings is 1. The summed E-state index contributed by atoms with van der Waals surface area (Å²) in [5.74, 6) is 0.760. The van der Waals surface area contributed by atoms with Crippen molar-refractivity contribution in [1.29, 1.82) is 0 Å². The molecule has 0 aromatic carbocycles. The van der Waals surface area contributed by atoms with E-state index in [4.69, 9.17) is 0 Å². The van der Waals surface area contributed by atoms with Gasteiger partial charge in [-0.1, -0.05) is 0 Å². The number of aromatic nitrogens is 1. The van der Waals surface area contributed by atoms with Gasteiger partial charge in [0.15, 0.2) is 0 Å². The summed E-state index contributed by atoms with van der Waals surface area (Å²) >= 11 is 1.67. The van der Waals surface area contributed by atoms with E-state index < -0.39 is 0 Å². The molecule has 2 fully saturated rings. The Labute approximate surface area is 146 Å². The van der Waals surface area contributed by atoms with E-state index in [1.54, 1.807) is 11.3 Å². The molecule has 24 heavy (non-hydrogen) atoms. The van der Waals surface area contributed by atoms with Gasteiger partial charge in [-0.15, -0.1) is 11.3 Å². The Hall–Kier alpha value is -1.72. The Morgan fingerprint density at radius 1 is 1.12 bits per heavy atom. The average Bonchev–Trinajstić information content (AvgIpc) is 3.33. The quantitative estimate of drug-likeness (QED) is 0.928. The SMILES string of the molecule is O=C(c1ccc([C@H]2CCCN2)s1)N1CCC(c2ccncc2)CC1. The zero-order valence-electron chi connectivity index (χ0n) is 13.8. The highest BCUT2D eigenvalue weighted by atomic mass is 32.1. The smallest absolute Gasteiger partial charge is 0.263 e. The topological polar surface area (TPSA) is 45.2 Å². The number of piperidine rings is 1. The van der Waals surface area contributed by atoms with E-state index in [-0.39, 0.29) is 5.91 Å². The standard InChI is InChI=1S/C19H23N3OS/c23-19(18-4-3-17(24-18)16-2-1-9-21-16)22-12-7-15(8-13-22)14-5-10-20-11-6-14/h3-6,10-11,15-16,21H,1-2,7-9,12-13H2/t16-/m1/s1. The van der Waals surface area contributed by atoms with Crippen LogP contribution >= 0.6 is 11.3 Å². The van der Waals surface area contributed by atoms with Gasteiger partial charge in [-0.05, 0) is 68.0 Å². The number of carbonyl (C=O) groups excluding carboxylic acids is 1. The highest BCUT2D eigenvalue weighted by Crippen LogP contribution is 2.32. The number of carbonyl (C=O) groups is 1. The first-order valence-corrected chi connectivity index (χ1v) is 9.65. The van der Waals surface area contributed by atoms with Crippen LogP contribution in [0.25, 0.3) is 0 Å². The van der Waals surface area contributed by atoms with Crippen LogP contribution in [0.5, 0.6) is 0 Å². The highest BCUT2D eigenvalue weighted by Gasteiger charge is 2.26. The van der Waals surface area contributed by atoms with Crippen molar-refractivity contribution in [1.82, 2.24) is 15.2 Å². The molecule has 0 unspecified atom stereocenters. The summed E-state index contributed by atoms with van der Waals surface area (Å²) in [7, 11) is 0. The van der Waals surface area contributed by atoms with Crippen molar-refractivity contribution in [2.75, 3.05) is 19.6 Å². The van der Waals surface area contributed by atoms with Crippen molar-refractivity contribution in [2.24, 2.45) is 0 Å². The van der Waals surface area contributed by atoms with Crippen LogP contribution in [0.15, 0.2) is 36.7 Å². The van der Waals surface area contributed by atoms with Crippen molar-refractivity contribution in [3.05, 3.63) is 52.0 Å². The lowest BCUT2D eigenvalue weighted by Crippen LogP contribution is -2.37. The normalized spacial score (nSPS) is 22.0. The van der Waals surface area contributed by atoms with E-state index in [1.807, 2.05) is 23.4 Å². The van der Waals surface area contributed by atoms with Gasteiger partial charge in [0, 0.05) is 36.4 Å². The van der Waals surface area contributed by atoms with Crippen molar-refractivity contribution in [3.63, 3.8) is 0 Å². The molecule has 2 aromatic heterocycles. The first-order chi connectivity index (χ1) is 11.8. The predicted molar refractivity (Wildman–Crippen MR) is 96.4 cm³/mol. The fraction of sp³-hybridized carbons (Fsp3) is 0.474. The zero-order valence-corrected chi connectivity index (χ0v) is 14.6. The predicted octanol–water partition coefficient (Wildman–Crippen LogP) is 3.59. The molecule has 2 aliphatic heterocycles. The zero-order chi connectivity index (χ0) is 16.4. The Kier molecular flexibility index (Phi) is 4.63.